The van der Waals surface area contributed by atoms with Gasteiger partial charge in [0.25, 0.3) is 10.1 Å². The Morgan fingerprint density at radius 2 is 1.92 bits per heavy atom. The molecule has 0 spiro atoms. The van der Waals surface area contributed by atoms with Gasteiger partial charge in [0.05, 0.1) is 12.4 Å². The highest BCUT2D eigenvalue weighted by Crippen LogP contribution is 2.17. The Morgan fingerprint density at radius 1 is 1.38 bits per heavy atom. The predicted molar refractivity (Wildman–Crippen MR) is 53.8 cm³/mol. The number of unbranched alkanes of at least 4 members (excludes halogenated alkanes) is 1. The van der Waals surface area contributed by atoms with E-state index in [1.807, 2.05) is 13.8 Å². The van der Waals surface area contributed by atoms with Gasteiger partial charge < -0.3 is 0 Å². The van der Waals surface area contributed by atoms with Crippen LogP contribution in [-0.4, -0.2) is 20.8 Å². The average Bonchev–Trinajstić information content (AvgIpc) is 1.95. The van der Waals surface area contributed by atoms with Crippen LogP contribution < -0.4 is 0 Å². The van der Waals surface area contributed by atoms with Crippen molar-refractivity contribution in [1.29, 1.82) is 0 Å². The van der Waals surface area contributed by atoms with Crippen molar-refractivity contribution < 1.29 is 12.6 Å². The second-order valence-electron chi connectivity index (χ2n) is 3.51. The minimum absolute atomic E-state index is 0.241. The predicted octanol–water partition coefficient (Wildman–Crippen LogP) is 2.14. The van der Waals surface area contributed by atoms with Crippen LogP contribution in [0.15, 0.2) is 0 Å². The van der Waals surface area contributed by atoms with E-state index in [4.69, 9.17) is 4.18 Å². The summed E-state index contributed by atoms with van der Waals surface area (Å²) in [6.45, 7) is 5.86. The molecule has 79 valence electrons. The lowest BCUT2D eigenvalue weighted by Crippen LogP contribution is -2.21. The topological polar surface area (TPSA) is 43.4 Å². The Balaban J connectivity index is 4.11. The molecule has 0 fully saturated rings. The molecule has 0 saturated heterocycles. The summed E-state index contributed by atoms with van der Waals surface area (Å²) in [7, 11) is -3.32. The first kappa shape index (κ1) is 12.9. The number of hydrogen-bond donors (Lipinski definition) is 0. The smallest absolute Gasteiger partial charge is 0.264 e. The van der Waals surface area contributed by atoms with E-state index in [0.717, 1.165) is 31.4 Å². The number of hydrogen-bond acceptors (Lipinski definition) is 3. The van der Waals surface area contributed by atoms with E-state index in [9.17, 15) is 8.42 Å². The lowest BCUT2D eigenvalue weighted by atomic mass is 10.0. The molecule has 0 aliphatic heterocycles. The molecule has 1 unspecified atom stereocenters. The van der Waals surface area contributed by atoms with Crippen LogP contribution in [-0.2, 0) is 14.3 Å². The van der Waals surface area contributed by atoms with Gasteiger partial charge in [-0.3, -0.25) is 4.18 Å². The largest absolute Gasteiger partial charge is 0.266 e. The van der Waals surface area contributed by atoms with Crippen molar-refractivity contribution in [2.75, 3.05) is 6.26 Å². The Morgan fingerprint density at radius 3 is 2.23 bits per heavy atom. The van der Waals surface area contributed by atoms with Crippen molar-refractivity contribution in [3.05, 3.63) is 5.92 Å². The maximum atomic E-state index is 10.9. The zero-order valence-corrected chi connectivity index (χ0v) is 9.65. The van der Waals surface area contributed by atoms with Crippen LogP contribution in [0.3, 0.4) is 0 Å². The number of rotatable bonds is 6. The fraction of sp³-hybridized carbons (Fsp3) is 0.889. The highest BCUT2D eigenvalue weighted by molar-refractivity contribution is 7.86. The van der Waals surface area contributed by atoms with Crippen LogP contribution in [0.25, 0.3) is 0 Å². The first-order valence-electron chi connectivity index (χ1n) is 4.55. The molecule has 1 atom stereocenters. The monoisotopic (exact) mass is 207 g/mol. The van der Waals surface area contributed by atoms with Crippen LogP contribution >= 0.6 is 0 Å². The van der Waals surface area contributed by atoms with Crippen LogP contribution in [0.4, 0.5) is 0 Å². The SMILES string of the molecule is CCCCC(OS(C)(=O)=O)[C](C)C. The third-order valence-electron chi connectivity index (χ3n) is 1.75. The minimum atomic E-state index is -3.32. The summed E-state index contributed by atoms with van der Waals surface area (Å²) < 4.78 is 26.7. The van der Waals surface area contributed by atoms with Gasteiger partial charge in [0.15, 0.2) is 0 Å². The van der Waals surface area contributed by atoms with Gasteiger partial charge in [0, 0.05) is 5.92 Å². The molecule has 3 nitrogen and oxygen atoms in total. The summed E-state index contributed by atoms with van der Waals surface area (Å²) in [5, 5.41) is 0. The van der Waals surface area contributed by atoms with E-state index in [1.54, 1.807) is 0 Å². The first-order valence-corrected chi connectivity index (χ1v) is 6.36. The molecule has 1 radical (unpaired) electrons. The van der Waals surface area contributed by atoms with Crippen molar-refractivity contribution in [3.63, 3.8) is 0 Å². The molecule has 0 heterocycles. The summed E-state index contributed by atoms with van der Waals surface area (Å²) in [4.78, 5) is 0. The standard InChI is InChI=1S/C9H19O3S/c1-5-6-7-9(8(2)3)12-13(4,10)11/h9H,5-7H2,1-4H3. The normalized spacial score (nSPS) is 14.8. The third kappa shape index (κ3) is 7.02. The van der Waals surface area contributed by atoms with Crippen molar-refractivity contribution >= 4 is 10.1 Å². The van der Waals surface area contributed by atoms with E-state index in [-0.39, 0.29) is 6.10 Å². The molecule has 0 saturated carbocycles. The maximum Gasteiger partial charge on any atom is 0.264 e. The van der Waals surface area contributed by atoms with Crippen LogP contribution in [0, 0.1) is 5.92 Å². The summed E-state index contributed by atoms with van der Waals surface area (Å²) >= 11 is 0. The van der Waals surface area contributed by atoms with Gasteiger partial charge in [-0.1, -0.05) is 33.6 Å². The van der Waals surface area contributed by atoms with Gasteiger partial charge in [-0.2, -0.15) is 8.42 Å². The molecule has 0 bridgehead atoms. The van der Waals surface area contributed by atoms with Gasteiger partial charge in [0.1, 0.15) is 0 Å². The highest BCUT2D eigenvalue weighted by atomic mass is 32.2. The molecule has 0 aromatic heterocycles. The molecule has 0 N–H and O–H groups in total. The second kappa shape index (κ2) is 5.60. The Hall–Kier alpha value is -0.0900. The van der Waals surface area contributed by atoms with Crippen molar-refractivity contribution in [2.24, 2.45) is 0 Å². The second-order valence-corrected chi connectivity index (χ2v) is 5.11. The fourth-order valence-electron chi connectivity index (χ4n) is 1.03. The summed E-state index contributed by atoms with van der Waals surface area (Å²) in [6, 6.07) is 0. The Labute approximate surface area is 81.6 Å². The van der Waals surface area contributed by atoms with E-state index in [1.165, 1.54) is 0 Å². The van der Waals surface area contributed by atoms with Crippen LogP contribution in [0.1, 0.15) is 40.0 Å². The Kier molecular flexibility index (Phi) is 5.56. The van der Waals surface area contributed by atoms with Crippen LogP contribution in [0.5, 0.6) is 0 Å². The van der Waals surface area contributed by atoms with E-state index in [2.05, 4.69) is 6.92 Å². The van der Waals surface area contributed by atoms with Gasteiger partial charge in [-0.05, 0) is 6.42 Å². The van der Waals surface area contributed by atoms with Gasteiger partial charge >= 0.3 is 0 Å². The summed E-state index contributed by atoms with van der Waals surface area (Å²) in [5.74, 6) is 1.01. The molecule has 0 aliphatic rings. The third-order valence-corrected chi connectivity index (χ3v) is 2.34. The lowest BCUT2D eigenvalue weighted by Gasteiger charge is -2.18. The van der Waals surface area contributed by atoms with Crippen molar-refractivity contribution in [2.45, 2.75) is 46.1 Å². The maximum absolute atomic E-state index is 10.9. The van der Waals surface area contributed by atoms with E-state index in [0.29, 0.717) is 0 Å². The summed E-state index contributed by atoms with van der Waals surface area (Å²) in [5.41, 5.74) is 0. The molecular weight excluding hydrogens is 188 g/mol. The lowest BCUT2D eigenvalue weighted by molar-refractivity contribution is 0.210. The zero-order chi connectivity index (χ0) is 10.5. The fourth-order valence-corrected chi connectivity index (χ4v) is 1.74. The Bertz CT molecular complexity index is 219. The summed E-state index contributed by atoms with van der Waals surface area (Å²) in [6.07, 6.45) is 3.68. The molecule has 0 amide bonds. The van der Waals surface area contributed by atoms with Gasteiger partial charge in [0.2, 0.25) is 0 Å². The average molecular weight is 207 g/mol. The van der Waals surface area contributed by atoms with Gasteiger partial charge in [-0.15, -0.1) is 0 Å². The molecular formula is C9H19O3S. The molecule has 0 aromatic rings. The minimum Gasteiger partial charge on any atom is -0.266 e. The molecule has 0 rings (SSSR count). The first-order chi connectivity index (χ1) is 5.87. The molecule has 13 heavy (non-hydrogen) atoms. The van der Waals surface area contributed by atoms with Gasteiger partial charge in [-0.25, -0.2) is 0 Å². The molecule has 0 aromatic carbocycles. The molecule has 4 heteroatoms. The molecule has 0 aliphatic carbocycles. The quantitative estimate of drug-likeness (QED) is 0.627. The van der Waals surface area contributed by atoms with Crippen molar-refractivity contribution in [1.82, 2.24) is 0 Å². The van der Waals surface area contributed by atoms with E-state index < -0.39 is 10.1 Å². The zero-order valence-electron chi connectivity index (χ0n) is 8.83. The van der Waals surface area contributed by atoms with Crippen molar-refractivity contribution in [3.8, 4) is 0 Å². The van der Waals surface area contributed by atoms with Crippen LogP contribution in [0.2, 0.25) is 0 Å². The highest BCUT2D eigenvalue weighted by Gasteiger charge is 2.18. The van der Waals surface area contributed by atoms with E-state index >= 15 is 0 Å².